The third kappa shape index (κ3) is 2.94. The van der Waals surface area contributed by atoms with Crippen LogP contribution in [-0.4, -0.2) is 28.0 Å². The number of hydrogen-bond donors (Lipinski definition) is 1. The van der Waals surface area contributed by atoms with Gasteiger partial charge < -0.3 is 9.84 Å². The second kappa shape index (κ2) is 5.96. The van der Waals surface area contributed by atoms with Crippen molar-refractivity contribution in [2.75, 3.05) is 7.11 Å². The molecule has 0 saturated heterocycles. The van der Waals surface area contributed by atoms with E-state index >= 15 is 0 Å². The van der Waals surface area contributed by atoms with Gasteiger partial charge in [-0.3, -0.25) is 0 Å². The first-order chi connectivity index (χ1) is 11.1. The van der Waals surface area contributed by atoms with E-state index in [4.69, 9.17) is 4.74 Å². The van der Waals surface area contributed by atoms with Gasteiger partial charge in [-0.1, -0.05) is 17.7 Å². The molecule has 0 unspecified atom stereocenters. The number of methoxy groups -OCH3 is 1. The summed E-state index contributed by atoms with van der Waals surface area (Å²) < 4.78 is 6.58. The van der Waals surface area contributed by atoms with Crippen LogP contribution in [0.15, 0.2) is 54.6 Å². The number of hydrogen-bond acceptors (Lipinski definition) is 3. The van der Waals surface area contributed by atoms with Gasteiger partial charge in [0.15, 0.2) is 5.69 Å². The van der Waals surface area contributed by atoms with Gasteiger partial charge in [0.25, 0.3) is 0 Å². The van der Waals surface area contributed by atoms with Crippen molar-refractivity contribution in [3.63, 3.8) is 0 Å². The molecule has 0 spiro atoms. The molecule has 0 radical (unpaired) electrons. The minimum Gasteiger partial charge on any atom is -0.497 e. The molecule has 0 fully saturated rings. The van der Waals surface area contributed by atoms with Gasteiger partial charge >= 0.3 is 5.97 Å². The SMILES string of the molecule is COc1ccc(-c2cc(C(=O)O)n(-c3ccc(C)cc3)n2)cc1. The van der Waals surface area contributed by atoms with Crippen LogP contribution in [-0.2, 0) is 0 Å². The molecule has 0 aliphatic heterocycles. The van der Waals surface area contributed by atoms with Crippen LogP contribution in [0.5, 0.6) is 5.75 Å². The van der Waals surface area contributed by atoms with Crippen molar-refractivity contribution >= 4 is 5.97 Å². The van der Waals surface area contributed by atoms with E-state index in [1.54, 1.807) is 13.2 Å². The lowest BCUT2D eigenvalue weighted by atomic mass is 10.1. The summed E-state index contributed by atoms with van der Waals surface area (Å²) in [6.07, 6.45) is 0. The lowest BCUT2D eigenvalue weighted by molar-refractivity contribution is 0.0687. The van der Waals surface area contributed by atoms with Crippen molar-refractivity contribution in [2.45, 2.75) is 6.92 Å². The first kappa shape index (κ1) is 14.8. The maximum atomic E-state index is 11.5. The van der Waals surface area contributed by atoms with Crippen LogP contribution >= 0.6 is 0 Å². The summed E-state index contributed by atoms with van der Waals surface area (Å²) in [7, 11) is 1.60. The predicted octanol–water partition coefficient (Wildman–Crippen LogP) is 3.55. The molecule has 3 aromatic rings. The number of rotatable bonds is 4. The highest BCUT2D eigenvalue weighted by Crippen LogP contribution is 2.24. The molecule has 116 valence electrons. The fourth-order valence-corrected chi connectivity index (χ4v) is 2.32. The third-order valence-corrected chi connectivity index (χ3v) is 3.59. The van der Waals surface area contributed by atoms with Gasteiger partial charge in [0, 0.05) is 5.56 Å². The average molecular weight is 308 g/mol. The first-order valence-electron chi connectivity index (χ1n) is 7.13. The molecular formula is C18H16N2O3. The maximum absolute atomic E-state index is 11.5. The average Bonchev–Trinajstić information content (AvgIpc) is 3.01. The number of carboxylic acids is 1. The minimum atomic E-state index is -1.02. The maximum Gasteiger partial charge on any atom is 0.354 e. The molecule has 1 N–H and O–H groups in total. The molecule has 3 rings (SSSR count). The quantitative estimate of drug-likeness (QED) is 0.800. The summed E-state index contributed by atoms with van der Waals surface area (Å²) in [4.78, 5) is 11.5. The van der Waals surface area contributed by atoms with Crippen molar-refractivity contribution in [3.8, 4) is 22.7 Å². The van der Waals surface area contributed by atoms with E-state index in [0.717, 1.165) is 16.9 Å². The van der Waals surface area contributed by atoms with Crippen molar-refractivity contribution in [3.05, 3.63) is 65.9 Å². The van der Waals surface area contributed by atoms with E-state index in [-0.39, 0.29) is 5.69 Å². The van der Waals surface area contributed by atoms with Gasteiger partial charge in [-0.25, -0.2) is 9.48 Å². The number of aryl methyl sites for hydroxylation is 1. The van der Waals surface area contributed by atoms with E-state index < -0.39 is 5.97 Å². The van der Waals surface area contributed by atoms with Crippen LogP contribution in [0, 0.1) is 6.92 Å². The smallest absolute Gasteiger partial charge is 0.354 e. The molecule has 1 heterocycles. The van der Waals surface area contributed by atoms with Gasteiger partial charge in [0.05, 0.1) is 18.5 Å². The standard InChI is InChI=1S/C18H16N2O3/c1-12-3-7-14(8-4-12)20-17(18(21)22)11-16(19-20)13-5-9-15(23-2)10-6-13/h3-11H,1-2H3,(H,21,22). The van der Waals surface area contributed by atoms with Gasteiger partial charge in [0.1, 0.15) is 5.75 Å². The van der Waals surface area contributed by atoms with Crippen LogP contribution in [0.2, 0.25) is 0 Å². The number of ether oxygens (including phenoxy) is 1. The fourth-order valence-electron chi connectivity index (χ4n) is 2.32. The highest BCUT2D eigenvalue weighted by atomic mass is 16.5. The Morgan fingerprint density at radius 1 is 1.09 bits per heavy atom. The Kier molecular flexibility index (Phi) is 3.85. The van der Waals surface area contributed by atoms with Crippen LogP contribution < -0.4 is 4.74 Å². The fraction of sp³-hybridized carbons (Fsp3) is 0.111. The zero-order chi connectivity index (χ0) is 16.4. The molecule has 0 atom stereocenters. The van der Waals surface area contributed by atoms with Crippen LogP contribution in [0.4, 0.5) is 0 Å². The van der Waals surface area contributed by atoms with Crippen molar-refractivity contribution in [1.29, 1.82) is 0 Å². The molecule has 0 amide bonds. The Hall–Kier alpha value is -3.08. The largest absolute Gasteiger partial charge is 0.497 e. The zero-order valence-corrected chi connectivity index (χ0v) is 12.9. The Morgan fingerprint density at radius 2 is 1.74 bits per heavy atom. The highest BCUT2D eigenvalue weighted by molar-refractivity contribution is 5.88. The Bertz CT molecular complexity index is 834. The number of aromatic carboxylic acids is 1. The first-order valence-corrected chi connectivity index (χ1v) is 7.13. The lowest BCUT2D eigenvalue weighted by Gasteiger charge is -2.04. The minimum absolute atomic E-state index is 0.125. The van der Waals surface area contributed by atoms with Crippen LogP contribution in [0.25, 0.3) is 16.9 Å². The molecule has 5 heteroatoms. The molecule has 0 bridgehead atoms. The summed E-state index contributed by atoms with van der Waals surface area (Å²) >= 11 is 0. The molecule has 1 aromatic heterocycles. The Morgan fingerprint density at radius 3 is 2.30 bits per heavy atom. The van der Waals surface area contributed by atoms with Crippen molar-refractivity contribution < 1.29 is 14.6 Å². The normalized spacial score (nSPS) is 10.5. The lowest BCUT2D eigenvalue weighted by Crippen LogP contribution is -2.07. The van der Waals surface area contributed by atoms with E-state index in [9.17, 15) is 9.90 Å². The highest BCUT2D eigenvalue weighted by Gasteiger charge is 2.16. The third-order valence-electron chi connectivity index (χ3n) is 3.59. The number of benzene rings is 2. The Labute approximate surface area is 133 Å². The molecular weight excluding hydrogens is 292 g/mol. The van der Waals surface area contributed by atoms with E-state index in [2.05, 4.69) is 5.10 Å². The van der Waals surface area contributed by atoms with E-state index in [0.29, 0.717) is 11.4 Å². The summed E-state index contributed by atoms with van der Waals surface area (Å²) in [5, 5.41) is 13.9. The molecule has 0 aliphatic carbocycles. The van der Waals surface area contributed by atoms with Gasteiger partial charge in [-0.2, -0.15) is 5.10 Å². The van der Waals surface area contributed by atoms with E-state index in [1.165, 1.54) is 4.68 Å². The topological polar surface area (TPSA) is 64.3 Å². The van der Waals surface area contributed by atoms with Crippen molar-refractivity contribution in [1.82, 2.24) is 9.78 Å². The molecule has 2 aromatic carbocycles. The molecule has 23 heavy (non-hydrogen) atoms. The summed E-state index contributed by atoms with van der Waals surface area (Å²) in [6.45, 7) is 1.98. The zero-order valence-electron chi connectivity index (χ0n) is 12.9. The Balaban J connectivity index is 2.07. The van der Waals surface area contributed by atoms with Crippen LogP contribution in [0.1, 0.15) is 16.1 Å². The van der Waals surface area contributed by atoms with E-state index in [1.807, 2.05) is 55.5 Å². The number of carbonyl (C=O) groups is 1. The van der Waals surface area contributed by atoms with Crippen LogP contribution in [0.3, 0.4) is 0 Å². The number of carboxylic acid groups (broad SMARTS) is 1. The van der Waals surface area contributed by atoms with Gasteiger partial charge in [0.2, 0.25) is 0 Å². The molecule has 0 saturated carbocycles. The molecule has 0 aliphatic rings. The second-order valence-electron chi connectivity index (χ2n) is 5.20. The second-order valence-corrected chi connectivity index (χ2v) is 5.20. The monoisotopic (exact) mass is 308 g/mol. The van der Waals surface area contributed by atoms with Gasteiger partial charge in [-0.05, 0) is 49.4 Å². The molecule has 5 nitrogen and oxygen atoms in total. The summed E-state index contributed by atoms with van der Waals surface area (Å²) in [5.74, 6) is -0.275. The van der Waals surface area contributed by atoms with Crippen molar-refractivity contribution in [2.24, 2.45) is 0 Å². The summed E-state index contributed by atoms with van der Waals surface area (Å²) in [6, 6.07) is 16.5. The predicted molar refractivity (Wildman–Crippen MR) is 87.2 cm³/mol. The number of aromatic nitrogens is 2. The number of nitrogens with zero attached hydrogens (tertiary/aromatic N) is 2. The summed E-state index contributed by atoms with van der Waals surface area (Å²) in [5.41, 5.74) is 3.38. The van der Waals surface area contributed by atoms with Gasteiger partial charge in [-0.15, -0.1) is 0 Å².